The molecule has 0 N–H and O–H groups in total. The molecule has 1 aromatic carbocycles. The molecule has 0 saturated carbocycles. The molecule has 2 aromatic rings. The van der Waals surface area contributed by atoms with Crippen molar-refractivity contribution in [2.75, 3.05) is 13.1 Å². The second-order valence-electron chi connectivity index (χ2n) is 5.58. The number of rotatable bonds is 5. The highest BCUT2D eigenvalue weighted by Gasteiger charge is 2.38. The second kappa shape index (κ2) is 5.98. The normalized spacial score (nSPS) is 16.7. The number of nitrogens with zero attached hydrogens (tertiary/aromatic N) is 2. The molecule has 7 heteroatoms. The maximum absolute atomic E-state index is 12.5. The number of sulfonamides is 1. The van der Waals surface area contributed by atoms with Gasteiger partial charge in [-0.3, -0.25) is 0 Å². The van der Waals surface area contributed by atoms with Crippen LogP contribution in [0, 0.1) is 0 Å². The molecule has 1 fully saturated rings. The quantitative estimate of drug-likeness (QED) is 0.841. The average Bonchev–Trinajstić information content (AvgIpc) is 2.95. The Balaban J connectivity index is 1.64. The number of hydrogen-bond donors (Lipinski definition) is 0. The first-order valence-electron chi connectivity index (χ1n) is 7.13. The third kappa shape index (κ3) is 3.02. The fraction of sp³-hybridized carbons (Fsp3) is 0.400. The highest BCUT2D eigenvalue weighted by atomic mass is 32.2. The molecule has 22 heavy (non-hydrogen) atoms. The van der Waals surface area contributed by atoms with E-state index in [0.29, 0.717) is 29.1 Å². The van der Waals surface area contributed by atoms with E-state index in [4.69, 9.17) is 4.74 Å². The van der Waals surface area contributed by atoms with E-state index in [1.807, 2.05) is 17.5 Å². The summed E-state index contributed by atoms with van der Waals surface area (Å²) < 4.78 is 32.0. The minimum atomic E-state index is -3.42. The Labute approximate surface area is 134 Å². The lowest BCUT2D eigenvalue weighted by Gasteiger charge is -2.37. The van der Waals surface area contributed by atoms with Gasteiger partial charge < -0.3 is 4.74 Å². The number of thiazole rings is 1. The Morgan fingerprint density at radius 2 is 1.95 bits per heavy atom. The molecule has 0 bridgehead atoms. The molecule has 0 amide bonds. The summed E-state index contributed by atoms with van der Waals surface area (Å²) in [6, 6.07) is 7.11. The highest BCUT2D eigenvalue weighted by molar-refractivity contribution is 7.89. The van der Waals surface area contributed by atoms with Crippen molar-refractivity contribution in [2.45, 2.75) is 30.8 Å². The van der Waals surface area contributed by atoms with Gasteiger partial charge in [0.15, 0.2) is 0 Å². The van der Waals surface area contributed by atoms with Crippen molar-refractivity contribution in [1.29, 1.82) is 0 Å². The fourth-order valence-corrected chi connectivity index (χ4v) is 4.31. The predicted molar refractivity (Wildman–Crippen MR) is 85.8 cm³/mol. The number of ether oxygens (including phenoxy) is 1. The van der Waals surface area contributed by atoms with Crippen LogP contribution >= 0.6 is 11.3 Å². The summed E-state index contributed by atoms with van der Waals surface area (Å²) in [7, 11) is -3.42. The molecule has 0 unspecified atom stereocenters. The molecule has 5 nitrogen and oxygen atoms in total. The molecule has 1 aliphatic heterocycles. The topological polar surface area (TPSA) is 59.5 Å². The summed E-state index contributed by atoms with van der Waals surface area (Å²) in [5.41, 5.74) is 1.13. The SMILES string of the molecule is CC(C)c1ccc(S(=O)(=O)N2CC(Oc3nccs3)C2)cc1. The molecular formula is C15H18N2O3S2. The zero-order valence-electron chi connectivity index (χ0n) is 12.5. The van der Waals surface area contributed by atoms with Crippen LogP contribution in [0.4, 0.5) is 0 Å². The summed E-state index contributed by atoms with van der Waals surface area (Å²) in [4.78, 5) is 4.38. The second-order valence-corrected chi connectivity index (χ2v) is 8.38. The van der Waals surface area contributed by atoms with Gasteiger partial charge in [0.1, 0.15) is 6.10 Å². The third-order valence-electron chi connectivity index (χ3n) is 3.68. The minimum Gasteiger partial charge on any atom is -0.464 e. The average molecular weight is 338 g/mol. The standard InChI is InChI=1S/C15H18N2O3S2/c1-11(2)12-3-5-14(6-4-12)22(18,19)17-9-13(10-17)20-15-16-7-8-21-15/h3-8,11,13H,9-10H2,1-2H3. The summed E-state index contributed by atoms with van der Waals surface area (Å²) in [5, 5.41) is 2.42. The van der Waals surface area contributed by atoms with Gasteiger partial charge in [0.2, 0.25) is 10.0 Å². The summed E-state index contributed by atoms with van der Waals surface area (Å²) in [6.07, 6.45) is 1.56. The van der Waals surface area contributed by atoms with E-state index in [1.54, 1.807) is 18.3 Å². The van der Waals surface area contributed by atoms with Crippen molar-refractivity contribution in [2.24, 2.45) is 0 Å². The Morgan fingerprint density at radius 1 is 1.27 bits per heavy atom. The van der Waals surface area contributed by atoms with Gasteiger partial charge in [-0.2, -0.15) is 4.31 Å². The van der Waals surface area contributed by atoms with Gasteiger partial charge in [0, 0.05) is 11.6 Å². The first-order chi connectivity index (χ1) is 10.5. The molecule has 1 saturated heterocycles. The van der Waals surface area contributed by atoms with Crippen molar-refractivity contribution >= 4 is 21.4 Å². The summed E-state index contributed by atoms with van der Waals surface area (Å²) in [5.74, 6) is 0.386. The van der Waals surface area contributed by atoms with E-state index in [9.17, 15) is 8.42 Å². The molecule has 0 atom stereocenters. The van der Waals surface area contributed by atoms with Crippen LogP contribution in [-0.4, -0.2) is 36.9 Å². The Bertz CT molecular complexity index is 719. The molecule has 118 valence electrons. The van der Waals surface area contributed by atoms with Gasteiger partial charge in [-0.15, -0.1) is 0 Å². The maximum Gasteiger partial charge on any atom is 0.273 e. The first-order valence-corrected chi connectivity index (χ1v) is 9.45. The molecule has 0 aliphatic carbocycles. The van der Waals surface area contributed by atoms with Crippen LogP contribution in [0.3, 0.4) is 0 Å². The van der Waals surface area contributed by atoms with Gasteiger partial charge in [0.05, 0.1) is 18.0 Å². The maximum atomic E-state index is 12.5. The summed E-state index contributed by atoms with van der Waals surface area (Å²) >= 11 is 1.41. The van der Waals surface area contributed by atoms with Crippen LogP contribution in [-0.2, 0) is 10.0 Å². The zero-order chi connectivity index (χ0) is 15.7. The first kappa shape index (κ1) is 15.5. The van der Waals surface area contributed by atoms with Crippen LogP contribution in [0.15, 0.2) is 40.7 Å². The molecule has 3 rings (SSSR count). The fourth-order valence-electron chi connectivity index (χ4n) is 2.26. The lowest BCUT2D eigenvalue weighted by Crippen LogP contribution is -2.55. The van der Waals surface area contributed by atoms with E-state index in [0.717, 1.165) is 5.56 Å². The zero-order valence-corrected chi connectivity index (χ0v) is 14.1. The van der Waals surface area contributed by atoms with Crippen molar-refractivity contribution in [1.82, 2.24) is 9.29 Å². The Morgan fingerprint density at radius 3 is 2.50 bits per heavy atom. The minimum absolute atomic E-state index is 0.115. The van der Waals surface area contributed by atoms with Gasteiger partial charge in [-0.25, -0.2) is 13.4 Å². The van der Waals surface area contributed by atoms with Crippen LogP contribution in [0.25, 0.3) is 0 Å². The molecule has 1 aliphatic rings. The highest BCUT2D eigenvalue weighted by Crippen LogP contribution is 2.26. The van der Waals surface area contributed by atoms with Crippen LogP contribution in [0.2, 0.25) is 0 Å². The monoisotopic (exact) mass is 338 g/mol. The molecule has 1 aromatic heterocycles. The molecule has 0 spiro atoms. The van der Waals surface area contributed by atoms with Gasteiger partial charge in [-0.05, 0) is 23.6 Å². The van der Waals surface area contributed by atoms with Gasteiger partial charge in [0.25, 0.3) is 5.19 Å². The smallest absolute Gasteiger partial charge is 0.273 e. The number of benzene rings is 1. The molecule has 2 heterocycles. The van der Waals surface area contributed by atoms with Gasteiger partial charge in [-0.1, -0.05) is 37.3 Å². The van der Waals surface area contributed by atoms with E-state index in [1.165, 1.54) is 15.6 Å². The van der Waals surface area contributed by atoms with Crippen LogP contribution in [0.5, 0.6) is 5.19 Å². The lowest BCUT2D eigenvalue weighted by atomic mass is 10.0. The molecule has 0 radical (unpaired) electrons. The number of aromatic nitrogens is 1. The van der Waals surface area contributed by atoms with E-state index >= 15 is 0 Å². The van der Waals surface area contributed by atoms with Crippen molar-refractivity contribution in [3.63, 3.8) is 0 Å². The third-order valence-corrected chi connectivity index (χ3v) is 6.18. The predicted octanol–water partition coefficient (Wildman–Crippen LogP) is 2.72. The number of hydrogen-bond acceptors (Lipinski definition) is 5. The van der Waals surface area contributed by atoms with Gasteiger partial charge >= 0.3 is 0 Å². The van der Waals surface area contributed by atoms with Crippen LogP contribution in [0.1, 0.15) is 25.3 Å². The van der Waals surface area contributed by atoms with E-state index in [-0.39, 0.29) is 6.10 Å². The molecular weight excluding hydrogens is 320 g/mol. The van der Waals surface area contributed by atoms with Crippen molar-refractivity contribution in [3.05, 3.63) is 41.4 Å². The van der Waals surface area contributed by atoms with E-state index in [2.05, 4.69) is 18.8 Å². The van der Waals surface area contributed by atoms with Crippen LogP contribution < -0.4 is 4.74 Å². The lowest BCUT2D eigenvalue weighted by molar-refractivity contribution is 0.0759. The van der Waals surface area contributed by atoms with Crippen molar-refractivity contribution < 1.29 is 13.2 Å². The Hall–Kier alpha value is -1.44. The van der Waals surface area contributed by atoms with Crippen molar-refractivity contribution in [3.8, 4) is 5.19 Å². The van der Waals surface area contributed by atoms with E-state index < -0.39 is 10.0 Å². The largest absolute Gasteiger partial charge is 0.464 e. The Kier molecular flexibility index (Phi) is 4.20. The summed E-state index contributed by atoms with van der Waals surface area (Å²) in [6.45, 7) is 4.90.